The zero-order valence-corrected chi connectivity index (χ0v) is 10.5. The molecule has 78 valence electrons. The molecular formula is C11H17BrN2. The quantitative estimate of drug-likeness (QED) is 0.896. The summed E-state index contributed by atoms with van der Waals surface area (Å²) in [7, 11) is 1.98. The first-order valence-electron chi connectivity index (χ1n) is 4.98. The predicted molar refractivity (Wildman–Crippen MR) is 63.2 cm³/mol. The summed E-state index contributed by atoms with van der Waals surface area (Å²) in [5, 5.41) is 3.32. The van der Waals surface area contributed by atoms with Gasteiger partial charge in [-0.1, -0.05) is 20.3 Å². The Labute approximate surface area is 94.3 Å². The summed E-state index contributed by atoms with van der Waals surface area (Å²) in [6, 6.07) is 4.31. The molecule has 0 fully saturated rings. The maximum atomic E-state index is 4.41. The van der Waals surface area contributed by atoms with Gasteiger partial charge in [0.05, 0.1) is 11.7 Å². The minimum atomic E-state index is 0.329. The first-order valence-corrected chi connectivity index (χ1v) is 5.77. The van der Waals surface area contributed by atoms with Crippen molar-refractivity contribution >= 4 is 15.9 Å². The molecule has 1 aromatic rings. The van der Waals surface area contributed by atoms with Crippen molar-refractivity contribution in [2.75, 3.05) is 7.05 Å². The van der Waals surface area contributed by atoms with Crippen LogP contribution in [0.5, 0.6) is 0 Å². The molecule has 1 N–H and O–H groups in total. The summed E-state index contributed by atoms with van der Waals surface area (Å²) >= 11 is 3.53. The SMILES string of the molecule is CCC(C)C(NC)c1ncccc1Br. The van der Waals surface area contributed by atoms with Gasteiger partial charge in [0, 0.05) is 10.7 Å². The van der Waals surface area contributed by atoms with Crippen molar-refractivity contribution in [1.29, 1.82) is 0 Å². The topological polar surface area (TPSA) is 24.9 Å². The van der Waals surface area contributed by atoms with E-state index < -0.39 is 0 Å². The van der Waals surface area contributed by atoms with Crippen molar-refractivity contribution in [2.24, 2.45) is 5.92 Å². The van der Waals surface area contributed by atoms with Crippen LogP contribution in [0.3, 0.4) is 0 Å². The average Bonchev–Trinajstić information content (AvgIpc) is 2.21. The predicted octanol–water partition coefficient (Wildman–Crippen LogP) is 3.15. The van der Waals surface area contributed by atoms with Gasteiger partial charge in [0.15, 0.2) is 0 Å². The summed E-state index contributed by atoms with van der Waals surface area (Å²) < 4.78 is 1.08. The van der Waals surface area contributed by atoms with Crippen LogP contribution >= 0.6 is 15.9 Å². The number of aromatic nitrogens is 1. The molecule has 2 nitrogen and oxygen atoms in total. The minimum Gasteiger partial charge on any atom is -0.311 e. The van der Waals surface area contributed by atoms with Crippen LogP contribution in [0, 0.1) is 5.92 Å². The second-order valence-corrected chi connectivity index (χ2v) is 4.38. The summed E-state index contributed by atoms with van der Waals surface area (Å²) in [5.41, 5.74) is 1.10. The number of hydrogen-bond donors (Lipinski definition) is 1. The van der Waals surface area contributed by atoms with Crippen molar-refractivity contribution in [3.05, 3.63) is 28.5 Å². The summed E-state index contributed by atoms with van der Waals surface area (Å²) in [6.45, 7) is 4.44. The van der Waals surface area contributed by atoms with E-state index in [9.17, 15) is 0 Å². The highest BCUT2D eigenvalue weighted by Gasteiger charge is 2.19. The van der Waals surface area contributed by atoms with E-state index in [1.807, 2.05) is 25.4 Å². The monoisotopic (exact) mass is 256 g/mol. The van der Waals surface area contributed by atoms with Crippen molar-refractivity contribution in [2.45, 2.75) is 26.3 Å². The summed E-state index contributed by atoms with van der Waals surface area (Å²) in [5.74, 6) is 0.589. The van der Waals surface area contributed by atoms with E-state index in [1.54, 1.807) is 0 Å². The Morgan fingerprint density at radius 3 is 2.79 bits per heavy atom. The molecule has 0 radical (unpaired) electrons. The summed E-state index contributed by atoms with van der Waals surface area (Å²) in [4.78, 5) is 4.41. The second kappa shape index (κ2) is 5.47. The molecule has 1 rings (SSSR count). The van der Waals surface area contributed by atoms with Crippen molar-refractivity contribution < 1.29 is 0 Å². The third-order valence-electron chi connectivity index (χ3n) is 2.61. The fraction of sp³-hybridized carbons (Fsp3) is 0.545. The first kappa shape index (κ1) is 11.7. The Balaban J connectivity index is 2.94. The van der Waals surface area contributed by atoms with Crippen LogP contribution in [0.4, 0.5) is 0 Å². The Kier molecular flexibility index (Phi) is 4.55. The molecule has 14 heavy (non-hydrogen) atoms. The summed E-state index contributed by atoms with van der Waals surface area (Å²) in [6.07, 6.45) is 2.99. The molecule has 3 heteroatoms. The maximum Gasteiger partial charge on any atom is 0.0717 e. The fourth-order valence-corrected chi connectivity index (χ4v) is 2.05. The molecule has 0 aliphatic rings. The molecule has 0 bridgehead atoms. The van der Waals surface area contributed by atoms with Crippen LogP contribution < -0.4 is 5.32 Å². The zero-order chi connectivity index (χ0) is 10.6. The molecule has 2 unspecified atom stereocenters. The van der Waals surface area contributed by atoms with Gasteiger partial charge in [0.2, 0.25) is 0 Å². The van der Waals surface area contributed by atoms with Gasteiger partial charge in [0.1, 0.15) is 0 Å². The first-order chi connectivity index (χ1) is 6.70. The lowest BCUT2D eigenvalue weighted by Gasteiger charge is -2.22. The van der Waals surface area contributed by atoms with Crippen LogP contribution in [0.25, 0.3) is 0 Å². The lowest BCUT2D eigenvalue weighted by Crippen LogP contribution is -2.24. The largest absolute Gasteiger partial charge is 0.311 e. The van der Waals surface area contributed by atoms with Gasteiger partial charge in [0.25, 0.3) is 0 Å². The van der Waals surface area contributed by atoms with Crippen LogP contribution in [0.1, 0.15) is 32.0 Å². The van der Waals surface area contributed by atoms with Gasteiger partial charge < -0.3 is 5.32 Å². The van der Waals surface area contributed by atoms with Crippen LogP contribution in [-0.4, -0.2) is 12.0 Å². The van der Waals surface area contributed by atoms with Gasteiger partial charge in [-0.15, -0.1) is 0 Å². The highest BCUT2D eigenvalue weighted by Crippen LogP contribution is 2.27. The normalized spacial score (nSPS) is 15.1. The Morgan fingerprint density at radius 2 is 2.29 bits per heavy atom. The lowest BCUT2D eigenvalue weighted by atomic mass is 9.96. The second-order valence-electron chi connectivity index (χ2n) is 3.52. The highest BCUT2D eigenvalue weighted by molar-refractivity contribution is 9.10. The number of halogens is 1. The highest BCUT2D eigenvalue weighted by atomic mass is 79.9. The Hall–Kier alpha value is -0.410. The molecule has 0 saturated heterocycles. The van der Waals surface area contributed by atoms with Gasteiger partial charge in [-0.2, -0.15) is 0 Å². The number of pyridine rings is 1. The van der Waals surface area contributed by atoms with Crippen molar-refractivity contribution in [3.63, 3.8) is 0 Å². The number of hydrogen-bond acceptors (Lipinski definition) is 2. The Bertz CT molecular complexity index is 288. The molecule has 0 aliphatic carbocycles. The van der Waals surface area contributed by atoms with Crippen molar-refractivity contribution in [1.82, 2.24) is 10.3 Å². The van der Waals surface area contributed by atoms with E-state index in [0.717, 1.165) is 16.6 Å². The van der Waals surface area contributed by atoms with Gasteiger partial charge in [-0.3, -0.25) is 4.98 Å². The zero-order valence-electron chi connectivity index (χ0n) is 8.92. The third kappa shape index (κ3) is 2.55. The van der Waals surface area contributed by atoms with E-state index >= 15 is 0 Å². The average molecular weight is 257 g/mol. The maximum absolute atomic E-state index is 4.41. The minimum absolute atomic E-state index is 0.329. The third-order valence-corrected chi connectivity index (χ3v) is 3.28. The lowest BCUT2D eigenvalue weighted by molar-refractivity contribution is 0.391. The van der Waals surface area contributed by atoms with Crippen LogP contribution in [0.15, 0.2) is 22.8 Å². The molecular weight excluding hydrogens is 240 g/mol. The smallest absolute Gasteiger partial charge is 0.0717 e. The van der Waals surface area contributed by atoms with Crippen LogP contribution in [0.2, 0.25) is 0 Å². The van der Waals surface area contributed by atoms with E-state index in [-0.39, 0.29) is 0 Å². The molecule has 0 aromatic carbocycles. The van der Waals surface area contributed by atoms with E-state index in [4.69, 9.17) is 0 Å². The van der Waals surface area contributed by atoms with Gasteiger partial charge in [-0.25, -0.2) is 0 Å². The molecule has 0 aliphatic heterocycles. The van der Waals surface area contributed by atoms with E-state index in [2.05, 4.69) is 40.1 Å². The van der Waals surface area contributed by atoms with Gasteiger partial charge in [-0.05, 0) is 41.0 Å². The molecule has 0 spiro atoms. The van der Waals surface area contributed by atoms with E-state index in [0.29, 0.717) is 12.0 Å². The van der Waals surface area contributed by atoms with Gasteiger partial charge >= 0.3 is 0 Å². The molecule has 0 amide bonds. The van der Waals surface area contributed by atoms with E-state index in [1.165, 1.54) is 0 Å². The number of rotatable bonds is 4. The molecule has 1 heterocycles. The van der Waals surface area contributed by atoms with Crippen LogP contribution in [-0.2, 0) is 0 Å². The molecule has 1 aromatic heterocycles. The van der Waals surface area contributed by atoms with Crippen molar-refractivity contribution in [3.8, 4) is 0 Å². The molecule has 2 atom stereocenters. The number of nitrogens with zero attached hydrogens (tertiary/aromatic N) is 1. The Morgan fingerprint density at radius 1 is 1.57 bits per heavy atom. The molecule has 0 saturated carbocycles. The standard InChI is InChI=1S/C11H17BrN2/c1-4-8(2)10(13-3)11-9(12)6-5-7-14-11/h5-8,10,13H,4H2,1-3H3. The fourth-order valence-electron chi connectivity index (χ4n) is 1.55. The number of nitrogens with one attached hydrogen (secondary N) is 1.